The van der Waals surface area contributed by atoms with Crippen molar-refractivity contribution >= 4 is 28.4 Å². The van der Waals surface area contributed by atoms with Crippen LogP contribution in [-0.2, 0) is 0 Å². The standard InChI is InChI=1S/C24H19N5OS/c1-16-8-7-11-18(14-16)29-24(26-27-28-29)31-23(17-9-3-2-4-10-17)22(30)20-15-25-21-13-6-5-12-19(20)21/h2-15,23,25H,1H3/t23-/m0/s1. The van der Waals surface area contributed by atoms with Crippen molar-refractivity contribution in [3.05, 3.63) is 102 Å². The monoisotopic (exact) mass is 425 g/mol. The number of hydrogen-bond acceptors (Lipinski definition) is 5. The molecule has 0 unspecified atom stereocenters. The quantitative estimate of drug-likeness (QED) is 0.300. The van der Waals surface area contributed by atoms with Crippen LogP contribution in [0.3, 0.4) is 0 Å². The molecule has 3 aromatic carbocycles. The molecule has 0 saturated heterocycles. The van der Waals surface area contributed by atoms with E-state index in [2.05, 4.69) is 20.5 Å². The predicted octanol–water partition coefficient (Wildman–Crippen LogP) is 5.17. The fourth-order valence-electron chi connectivity index (χ4n) is 3.60. The Bertz CT molecular complexity index is 1360. The lowest BCUT2D eigenvalue weighted by molar-refractivity contribution is 0.0991. The maximum atomic E-state index is 13.7. The fourth-order valence-corrected chi connectivity index (χ4v) is 4.66. The molecule has 31 heavy (non-hydrogen) atoms. The zero-order chi connectivity index (χ0) is 21.2. The maximum Gasteiger partial charge on any atom is 0.215 e. The molecule has 0 bridgehead atoms. The van der Waals surface area contributed by atoms with E-state index in [0.717, 1.165) is 27.7 Å². The first-order valence-electron chi connectivity index (χ1n) is 9.88. The van der Waals surface area contributed by atoms with Gasteiger partial charge in [-0.3, -0.25) is 4.79 Å². The zero-order valence-corrected chi connectivity index (χ0v) is 17.6. The smallest absolute Gasteiger partial charge is 0.215 e. The summed E-state index contributed by atoms with van der Waals surface area (Å²) in [7, 11) is 0. The van der Waals surface area contributed by atoms with Gasteiger partial charge in [-0.15, -0.1) is 5.10 Å². The van der Waals surface area contributed by atoms with Crippen LogP contribution in [0.15, 0.2) is 90.2 Å². The van der Waals surface area contributed by atoms with Crippen molar-refractivity contribution in [1.82, 2.24) is 25.2 Å². The van der Waals surface area contributed by atoms with Crippen LogP contribution in [-0.4, -0.2) is 31.0 Å². The number of hydrogen-bond donors (Lipinski definition) is 1. The number of benzene rings is 3. The molecule has 0 aliphatic heterocycles. The summed E-state index contributed by atoms with van der Waals surface area (Å²) in [4.78, 5) is 16.9. The van der Waals surface area contributed by atoms with Crippen molar-refractivity contribution in [3.8, 4) is 5.69 Å². The molecule has 5 aromatic rings. The third-order valence-electron chi connectivity index (χ3n) is 5.11. The van der Waals surface area contributed by atoms with Crippen molar-refractivity contribution < 1.29 is 4.79 Å². The molecule has 0 fully saturated rings. The van der Waals surface area contributed by atoms with Gasteiger partial charge in [-0.25, -0.2) is 0 Å². The van der Waals surface area contributed by atoms with Crippen LogP contribution in [0, 0.1) is 6.92 Å². The number of ketones is 1. The van der Waals surface area contributed by atoms with Gasteiger partial charge in [-0.2, -0.15) is 4.68 Å². The lowest BCUT2D eigenvalue weighted by atomic mass is 10.0. The second-order valence-electron chi connectivity index (χ2n) is 7.23. The first-order chi connectivity index (χ1) is 15.2. The third kappa shape index (κ3) is 3.75. The number of aromatic nitrogens is 5. The van der Waals surface area contributed by atoms with Crippen molar-refractivity contribution in [2.75, 3.05) is 0 Å². The average Bonchev–Trinajstić information content (AvgIpc) is 3.45. The topological polar surface area (TPSA) is 76.5 Å². The molecule has 152 valence electrons. The molecule has 0 radical (unpaired) electrons. The zero-order valence-electron chi connectivity index (χ0n) is 16.8. The van der Waals surface area contributed by atoms with E-state index >= 15 is 0 Å². The van der Waals surface area contributed by atoms with Crippen LogP contribution < -0.4 is 0 Å². The summed E-state index contributed by atoms with van der Waals surface area (Å²) in [5.74, 6) is 0.00689. The molecule has 6 nitrogen and oxygen atoms in total. The van der Waals surface area contributed by atoms with E-state index in [1.54, 1.807) is 10.9 Å². The van der Waals surface area contributed by atoms with Crippen LogP contribution >= 0.6 is 11.8 Å². The lowest BCUT2D eigenvalue weighted by Gasteiger charge is -2.15. The van der Waals surface area contributed by atoms with E-state index in [1.165, 1.54) is 11.8 Å². The van der Waals surface area contributed by atoms with Gasteiger partial charge in [0.1, 0.15) is 5.25 Å². The molecule has 0 spiro atoms. The number of thioether (sulfide) groups is 1. The Morgan fingerprint density at radius 1 is 1.00 bits per heavy atom. The number of carbonyl (C=O) groups is 1. The van der Waals surface area contributed by atoms with Gasteiger partial charge in [0.05, 0.1) is 5.69 Å². The van der Waals surface area contributed by atoms with Gasteiger partial charge in [-0.1, -0.05) is 72.4 Å². The van der Waals surface area contributed by atoms with Crippen molar-refractivity contribution in [3.63, 3.8) is 0 Å². The molecule has 5 rings (SSSR count). The van der Waals surface area contributed by atoms with Gasteiger partial charge in [0.25, 0.3) is 0 Å². The molecule has 7 heteroatoms. The highest BCUT2D eigenvalue weighted by Crippen LogP contribution is 2.38. The van der Waals surface area contributed by atoms with Gasteiger partial charge in [0, 0.05) is 22.7 Å². The Morgan fingerprint density at radius 2 is 1.81 bits per heavy atom. The van der Waals surface area contributed by atoms with Gasteiger partial charge >= 0.3 is 0 Å². The maximum absolute atomic E-state index is 13.7. The fraction of sp³-hybridized carbons (Fsp3) is 0.0833. The second-order valence-corrected chi connectivity index (χ2v) is 8.31. The van der Waals surface area contributed by atoms with Crippen LogP contribution in [0.25, 0.3) is 16.6 Å². The Kier molecular flexibility index (Phi) is 5.09. The van der Waals surface area contributed by atoms with Crippen molar-refractivity contribution in [1.29, 1.82) is 0 Å². The number of aryl methyl sites for hydroxylation is 1. The Hall–Kier alpha value is -3.71. The van der Waals surface area contributed by atoms with Crippen LogP contribution in [0.4, 0.5) is 0 Å². The highest BCUT2D eigenvalue weighted by molar-refractivity contribution is 8.00. The number of nitrogens with zero attached hydrogens (tertiary/aromatic N) is 4. The molecular formula is C24H19N5OS. The summed E-state index contributed by atoms with van der Waals surface area (Å²) in [5.41, 5.74) is 4.47. The number of H-pyrrole nitrogens is 1. The Morgan fingerprint density at radius 3 is 2.65 bits per heavy atom. The molecule has 1 N–H and O–H groups in total. The largest absolute Gasteiger partial charge is 0.360 e. The predicted molar refractivity (Wildman–Crippen MR) is 122 cm³/mol. The molecule has 0 saturated carbocycles. The van der Waals surface area contributed by atoms with Crippen LogP contribution in [0.1, 0.15) is 26.7 Å². The number of tetrazole rings is 1. The molecule has 2 aromatic heterocycles. The first-order valence-corrected chi connectivity index (χ1v) is 10.8. The minimum absolute atomic E-state index is 0.00689. The summed E-state index contributed by atoms with van der Waals surface area (Å²) >= 11 is 1.35. The Labute approximate surface area is 183 Å². The lowest BCUT2D eigenvalue weighted by Crippen LogP contribution is -2.11. The number of para-hydroxylation sites is 1. The van der Waals surface area contributed by atoms with Crippen molar-refractivity contribution in [2.24, 2.45) is 0 Å². The summed E-state index contributed by atoms with van der Waals surface area (Å²) in [6.45, 7) is 2.02. The van der Waals surface area contributed by atoms with E-state index in [9.17, 15) is 4.79 Å². The average molecular weight is 426 g/mol. The highest BCUT2D eigenvalue weighted by atomic mass is 32.2. The summed E-state index contributed by atoms with van der Waals surface area (Å²) in [6.07, 6.45) is 1.78. The molecule has 0 aliphatic carbocycles. The normalized spacial score (nSPS) is 12.2. The third-order valence-corrected chi connectivity index (χ3v) is 6.29. The number of fused-ring (bicyclic) bond motifs is 1. The molecular weight excluding hydrogens is 406 g/mol. The van der Waals surface area contributed by atoms with E-state index in [4.69, 9.17) is 0 Å². The second kappa shape index (κ2) is 8.20. The van der Waals surface area contributed by atoms with Crippen LogP contribution in [0.2, 0.25) is 0 Å². The first kappa shape index (κ1) is 19.3. The summed E-state index contributed by atoms with van der Waals surface area (Å²) in [5, 5.41) is 13.2. The molecule has 0 aliphatic rings. The minimum atomic E-state index is -0.491. The summed E-state index contributed by atoms with van der Waals surface area (Å²) in [6, 6.07) is 25.5. The van der Waals surface area contributed by atoms with Gasteiger partial charge in [-0.05, 0) is 46.7 Å². The van der Waals surface area contributed by atoms with E-state index in [1.807, 2.05) is 85.8 Å². The van der Waals surface area contributed by atoms with Gasteiger partial charge in [0.15, 0.2) is 5.78 Å². The number of nitrogens with one attached hydrogen (secondary N) is 1. The Balaban J connectivity index is 1.56. The number of rotatable bonds is 6. The molecule has 2 heterocycles. The van der Waals surface area contributed by atoms with E-state index in [-0.39, 0.29) is 5.78 Å². The van der Waals surface area contributed by atoms with E-state index < -0.39 is 5.25 Å². The number of Topliss-reactive ketones (excluding diaryl/α,β-unsaturated/α-hetero) is 1. The van der Waals surface area contributed by atoms with Gasteiger partial charge < -0.3 is 4.98 Å². The van der Waals surface area contributed by atoms with Crippen molar-refractivity contribution in [2.45, 2.75) is 17.3 Å². The number of aromatic amines is 1. The highest BCUT2D eigenvalue weighted by Gasteiger charge is 2.28. The number of carbonyl (C=O) groups excluding carboxylic acids is 1. The van der Waals surface area contributed by atoms with Crippen LogP contribution in [0.5, 0.6) is 0 Å². The van der Waals surface area contributed by atoms with Gasteiger partial charge in [0.2, 0.25) is 5.16 Å². The van der Waals surface area contributed by atoms with E-state index in [0.29, 0.717) is 10.7 Å². The molecule has 0 amide bonds. The molecule has 1 atom stereocenters. The SMILES string of the molecule is Cc1cccc(-n2nnnc2S[C@H](C(=O)c2c[nH]c3ccccc23)c2ccccc2)c1. The minimum Gasteiger partial charge on any atom is -0.360 e. The summed E-state index contributed by atoms with van der Waals surface area (Å²) < 4.78 is 1.68.